The zero-order chi connectivity index (χ0) is 22.0. The Morgan fingerprint density at radius 1 is 0.968 bits per heavy atom. The number of hydrogen-bond donors (Lipinski definition) is 2. The van der Waals surface area contributed by atoms with Crippen LogP contribution in [0.1, 0.15) is 41.6 Å². The van der Waals surface area contributed by atoms with Crippen LogP contribution in [0.3, 0.4) is 0 Å². The molecule has 2 saturated heterocycles. The van der Waals surface area contributed by atoms with Crippen LogP contribution in [-0.2, 0) is 11.3 Å². The number of amides is 2. The second-order valence-electron chi connectivity index (χ2n) is 8.23. The molecular formula is C23H24Cl3N3O2. The van der Waals surface area contributed by atoms with Gasteiger partial charge in [0.15, 0.2) is 0 Å². The highest BCUT2D eigenvalue weighted by molar-refractivity contribution is 6.42. The lowest BCUT2D eigenvalue weighted by atomic mass is 9.96. The molecule has 2 fully saturated rings. The van der Waals surface area contributed by atoms with Gasteiger partial charge in [-0.15, -0.1) is 0 Å². The van der Waals surface area contributed by atoms with Gasteiger partial charge in [0.1, 0.15) is 0 Å². The summed E-state index contributed by atoms with van der Waals surface area (Å²) in [7, 11) is 0. The van der Waals surface area contributed by atoms with E-state index in [9.17, 15) is 9.59 Å². The Morgan fingerprint density at radius 3 is 2.39 bits per heavy atom. The molecule has 1 unspecified atom stereocenters. The summed E-state index contributed by atoms with van der Waals surface area (Å²) in [5.74, 6) is -0.480. The van der Waals surface area contributed by atoms with E-state index in [0.717, 1.165) is 37.8 Å². The molecule has 31 heavy (non-hydrogen) atoms. The zero-order valence-electron chi connectivity index (χ0n) is 16.9. The maximum atomic E-state index is 12.4. The molecule has 0 spiro atoms. The molecule has 8 heteroatoms. The van der Waals surface area contributed by atoms with Crippen LogP contribution < -0.4 is 10.6 Å². The Kier molecular flexibility index (Phi) is 7.07. The van der Waals surface area contributed by atoms with Crippen LogP contribution in [0.5, 0.6) is 0 Å². The fourth-order valence-corrected chi connectivity index (χ4v) is 5.18. The molecule has 2 N–H and O–H groups in total. The first-order valence-electron chi connectivity index (χ1n) is 10.4. The average molecular weight is 481 g/mol. The monoisotopic (exact) mass is 479 g/mol. The maximum absolute atomic E-state index is 12.4. The molecule has 2 aliphatic rings. The summed E-state index contributed by atoms with van der Waals surface area (Å²) in [6.45, 7) is 0.784. The van der Waals surface area contributed by atoms with Gasteiger partial charge < -0.3 is 10.6 Å². The predicted octanol–water partition coefficient (Wildman–Crippen LogP) is 4.69. The second kappa shape index (κ2) is 9.78. The Labute approximate surface area is 197 Å². The van der Waals surface area contributed by atoms with E-state index in [-0.39, 0.29) is 24.4 Å². The third kappa shape index (κ3) is 5.53. The van der Waals surface area contributed by atoms with Crippen molar-refractivity contribution in [3.05, 3.63) is 68.7 Å². The van der Waals surface area contributed by atoms with Gasteiger partial charge in [0.2, 0.25) is 5.91 Å². The normalized spacial score (nSPS) is 22.9. The zero-order valence-corrected chi connectivity index (χ0v) is 19.2. The van der Waals surface area contributed by atoms with Crippen LogP contribution in [-0.4, -0.2) is 41.4 Å². The van der Waals surface area contributed by atoms with Crippen molar-refractivity contribution in [2.75, 3.05) is 6.54 Å². The van der Waals surface area contributed by atoms with Gasteiger partial charge in [0.25, 0.3) is 5.91 Å². The predicted molar refractivity (Wildman–Crippen MR) is 124 cm³/mol. The van der Waals surface area contributed by atoms with Gasteiger partial charge in [0, 0.05) is 35.3 Å². The molecule has 164 valence electrons. The molecule has 2 aromatic carbocycles. The van der Waals surface area contributed by atoms with E-state index >= 15 is 0 Å². The molecule has 0 radical (unpaired) electrons. The molecule has 3 atom stereocenters. The van der Waals surface area contributed by atoms with Gasteiger partial charge in [-0.3, -0.25) is 14.5 Å². The van der Waals surface area contributed by atoms with Crippen LogP contribution in [0.15, 0.2) is 42.5 Å². The van der Waals surface area contributed by atoms with E-state index in [1.54, 1.807) is 24.3 Å². The summed E-state index contributed by atoms with van der Waals surface area (Å²) in [6.07, 6.45) is 4.07. The number of carbonyl (C=O) groups excluding carboxylic acids is 2. The first-order chi connectivity index (χ1) is 14.9. The summed E-state index contributed by atoms with van der Waals surface area (Å²) in [4.78, 5) is 27.1. The lowest BCUT2D eigenvalue weighted by molar-refractivity contribution is -0.121. The number of halogens is 3. The highest BCUT2D eigenvalue weighted by Gasteiger charge is 2.40. The molecule has 2 amide bonds. The molecule has 0 aliphatic carbocycles. The van der Waals surface area contributed by atoms with E-state index in [2.05, 4.69) is 15.5 Å². The van der Waals surface area contributed by atoms with Crippen molar-refractivity contribution in [1.29, 1.82) is 0 Å². The van der Waals surface area contributed by atoms with Gasteiger partial charge in [-0.1, -0.05) is 46.9 Å². The molecule has 2 bridgehead atoms. The number of piperidine rings is 1. The molecule has 2 aromatic rings. The lowest BCUT2D eigenvalue weighted by Crippen LogP contribution is -2.51. The van der Waals surface area contributed by atoms with Gasteiger partial charge >= 0.3 is 0 Å². The summed E-state index contributed by atoms with van der Waals surface area (Å²) in [6, 6.07) is 13.4. The number of nitrogens with zero attached hydrogens (tertiary/aromatic N) is 1. The van der Waals surface area contributed by atoms with E-state index < -0.39 is 0 Å². The molecule has 0 saturated carbocycles. The van der Waals surface area contributed by atoms with Crippen molar-refractivity contribution in [3.8, 4) is 0 Å². The molecule has 5 nitrogen and oxygen atoms in total. The molecule has 2 heterocycles. The highest BCUT2D eigenvalue weighted by Crippen LogP contribution is 2.37. The minimum atomic E-state index is -0.311. The van der Waals surface area contributed by atoms with Crippen molar-refractivity contribution in [3.63, 3.8) is 0 Å². The van der Waals surface area contributed by atoms with Crippen molar-refractivity contribution >= 4 is 46.6 Å². The van der Waals surface area contributed by atoms with Gasteiger partial charge in [-0.25, -0.2) is 0 Å². The number of hydrogen-bond acceptors (Lipinski definition) is 3. The summed E-state index contributed by atoms with van der Waals surface area (Å²) in [5, 5.41) is 7.39. The summed E-state index contributed by atoms with van der Waals surface area (Å²) >= 11 is 18.1. The minimum absolute atomic E-state index is 0.0514. The van der Waals surface area contributed by atoms with Crippen molar-refractivity contribution < 1.29 is 9.59 Å². The summed E-state index contributed by atoms with van der Waals surface area (Å²) < 4.78 is 0. The van der Waals surface area contributed by atoms with Crippen LogP contribution in [0.25, 0.3) is 0 Å². The molecule has 2 aliphatic heterocycles. The smallest absolute Gasteiger partial charge is 0.251 e. The van der Waals surface area contributed by atoms with Crippen LogP contribution in [0, 0.1) is 0 Å². The minimum Gasteiger partial charge on any atom is -0.352 e. The first-order valence-corrected chi connectivity index (χ1v) is 11.5. The Bertz CT molecular complexity index is 970. The number of fused-ring (bicyclic) bond motifs is 2. The number of benzene rings is 2. The van der Waals surface area contributed by atoms with E-state index in [0.29, 0.717) is 32.7 Å². The first kappa shape index (κ1) is 22.4. The van der Waals surface area contributed by atoms with Crippen LogP contribution >= 0.6 is 34.8 Å². The SMILES string of the molecule is O=C(CNC(=O)c1cccc(Cl)c1)NC1C[C@H]2CC[C@@H](C1)N2Cc1ccc(Cl)c(Cl)c1. The van der Waals surface area contributed by atoms with Gasteiger partial charge in [0.05, 0.1) is 16.6 Å². The van der Waals surface area contributed by atoms with E-state index in [1.165, 1.54) is 0 Å². The van der Waals surface area contributed by atoms with Crippen LogP contribution in [0.4, 0.5) is 0 Å². The third-order valence-electron chi connectivity index (χ3n) is 6.09. The Balaban J connectivity index is 1.27. The fraction of sp³-hybridized carbons (Fsp3) is 0.391. The quantitative estimate of drug-likeness (QED) is 0.631. The number of rotatable bonds is 6. The molecule has 4 rings (SSSR count). The van der Waals surface area contributed by atoms with Crippen molar-refractivity contribution in [1.82, 2.24) is 15.5 Å². The molecule has 0 aromatic heterocycles. The van der Waals surface area contributed by atoms with E-state index in [1.807, 2.05) is 18.2 Å². The molecular weight excluding hydrogens is 457 g/mol. The highest BCUT2D eigenvalue weighted by atomic mass is 35.5. The standard InChI is InChI=1S/C23H24Cl3N3O2/c24-16-3-1-2-15(9-16)23(31)27-12-22(30)28-17-10-18-5-6-19(11-17)29(18)13-14-4-7-20(25)21(26)8-14/h1-4,7-9,17-19H,5-6,10-13H2,(H,27,31)(H,28,30)/t17?,18-,19+. The van der Waals surface area contributed by atoms with Crippen molar-refractivity contribution in [2.45, 2.75) is 50.4 Å². The largest absolute Gasteiger partial charge is 0.352 e. The Hall–Kier alpha value is -1.79. The third-order valence-corrected chi connectivity index (χ3v) is 7.07. The topological polar surface area (TPSA) is 61.4 Å². The Morgan fingerprint density at radius 2 is 1.71 bits per heavy atom. The number of carbonyl (C=O) groups is 2. The van der Waals surface area contributed by atoms with Crippen LogP contribution in [0.2, 0.25) is 15.1 Å². The van der Waals surface area contributed by atoms with E-state index in [4.69, 9.17) is 34.8 Å². The van der Waals surface area contributed by atoms with Gasteiger partial charge in [-0.2, -0.15) is 0 Å². The maximum Gasteiger partial charge on any atom is 0.251 e. The van der Waals surface area contributed by atoms with Gasteiger partial charge in [-0.05, 0) is 61.6 Å². The number of nitrogens with one attached hydrogen (secondary N) is 2. The lowest BCUT2D eigenvalue weighted by Gasteiger charge is -2.39. The van der Waals surface area contributed by atoms with Crippen molar-refractivity contribution in [2.24, 2.45) is 0 Å². The fourth-order valence-electron chi connectivity index (χ4n) is 4.67. The summed E-state index contributed by atoms with van der Waals surface area (Å²) in [5.41, 5.74) is 1.59. The second-order valence-corrected chi connectivity index (χ2v) is 9.49. The average Bonchev–Trinajstić information content (AvgIpc) is 2.96.